The zero-order valence-corrected chi connectivity index (χ0v) is 15.8. The third-order valence-corrected chi connectivity index (χ3v) is 4.23. The predicted molar refractivity (Wildman–Crippen MR) is 105 cm³/mol. The van der Waals surface area contributed by atoms with Crippen LogP contribution in [0.15, 0.2) is 55.6 Å². The molecule has 1 amide bonds. The van der Waals surface area contributed by atoms with Crippen LogP contribution >= 0.6 is 0 Å². The Labute approximate surface area is 157 Å². The molecule has 0 heterocycles. The van der Waals surface area contributed by atoms with Crippen molar-refractivity contribution in [2.24, 2.45) is 5.92 Å². The van der Waals surface area contributed by atoms with Gasteiger partial charge in [0.25, 0.3) is 0 Å². The predicted octanol–water partition coefficient (Wildman–Crippen LogP) is 4.56. The number of esters is 1. The van der Waals surface area contributed by atoms with Gasteiger partial charge in [-0.25, -0.2) is 4.79 Å². The fourth-order valence-electron chi connectivity index (χ4n) is 2.67. The van der Waals surface area contributed by atoms with Crippen molar-refractivity contribution in [2.75, 3.05) is 0 Å². The molecule has 4 nitrogen and oxygen atoms in total. The molecule has 1 atom stereocenters. The number of allylic oxidation sites excluding steroid dienone is 2. The normalized spacial score (nSPS) is 11.6. The highest BCUT2D eigenvalue weighted by Gasteiger charge is 2.23. The number of carbonyl (C=O) groups excluding carboxylic acids is 2. The van der Waals surface area contributed by atoms with Crippen LogP contribution in [0.2, 0.25) is 0 Å². The summed E-state index contributed by atoms with van der Waals surface area (Å²) >= 11 is 0. The Bertz CT molecular complexity index is 554. The van der Waals surface area contributed by atoms with Gasteiger partial charge in [-0.15, -0.1) is 13.2 Å². The Balaban J connectivity index is 2.48. The summed E-state index contributed by atoms with van der Waals surface area (Å²) in [5.74, 6) is -0.598. The van der Waals surface area contributed by atoms with Gasteiger partial charge in [-0.05, 0) is 51.0 Å². The van der Waals surface area contributed by atoms with E-state index in [-0.39, 0.29) is 18.4 Å². The van der Waals surface area contributed by atoms with Crippen LogP contribution in [0.5, 0.6) is 0 Å². The highest BCUT2D eigenvalue weighted by molar-refractivity contribution is 5.85. The van der Waals surface area contributed by atoms with E-state index in [0.29, 0.717) is 0 Å². The number of amides is 1. The molecule has 0 saturated heterocycles. The second kappa shape index (κ2) is 12.9. The molecule has 0 radical (unpaired) electrons. The summed E-state index contributed by atoms with van der Waals surface area (Å²) in [6.07, 6.45) is 8.93. The lowest BCUT2D eigenvalue weighted by molar-refractivity contribution is -0.149. The molecule has 1 N–H and O–H groups in total. The number of rotatable bonds is 13. The number of unbranched alkanes of at least 4 members (excludes halogenated alkanes) is 2. The fourth-order valence-corrected chi connectivity index (χ4v) is 2.67. The summed E-state index contributed by atoms with van der Waals surface area (Å²) in [5, 5.41) is 2.80. The maximum absolute atomic E-state index is 12.6. The number of carbonyl (C=O) groups is 2. The third kappa shape index (κ3) is 8.65. The van der Waals surface area contributed by atoms with E-state index in [1.165, 1.54) is 0 Å². The second-order valence-electron chi connectivity index (χ2n) is 6.46. The van der Waals surface area contributed by atoms with Crippen LogP contribution in [0.4, 0.5) is 0 Å². The van der Waals surface area contributed by atoms with E-state index < -0.39 is 12.0 Å². The smallest absolute Gasteiger partial charge is 0.328 e. The molecule has 142 valence electrons. The zero-order chi connectivity index (χ0) is 19.2. The molecular weight excluding hydrogens is 326 g/mol. The van der Waals surface area contributed by atoms with Gasteiger partial charge in [0, 0.05) is 5.92 Å². The van der Waals surface area contributed by atoms with Gasteiger partial charge in [0.1, 0.15) is 12.6 Å². The first-order valence-electron chi connectivity index (χ1n) is 9.31. The molecule has 0 spiro atoms. The molecule has 0 aliphatic heterocycles. The fraction of sp³-hybridized carbons (Fsp3) is 0.455. The van der Waals surface area contributed by atoms with E-state index in [4.69, 9.17) is 4.74 Å². The van der Waals surface area contributed by atoms with Crippen LogP contribution in [0, 0.1) is 5.92 Å². The molecule has 1 rings (SSSR count). The van der Waals surface area contributed by atoms with Gasteiger partial charge in [-0.3, -0.25) is 4.79 Å². The third-order valence-electron chi connectivity index (χ3n) is 4.23. The molecule has 4 heteroatoms. The van der Waals surface area contributed by atoms with E-state index in [9.17, 15) is 9.59 Å². The molecule has 0 aliphatic rings. The number of benzene rings is 1. The molecular formula is C22H31NO3. The molecule has 0 aliphatic carbocycles. The molecule has 26 heavy (non-hydrogen) atoms. The number of nitrogens with one attached hydrogen (secondary N) is 1. The second-order valence-corrected chi connectivity index (χ2v) is 6.46. The average Bonchev–Trinajstić information content (AvgIpc) is 2.65. The lowest BCUT2D eigenvalue weighted by atomic mass is 9.94. The Kier molecular flexibility index (Phi) is 10.8. The minimum absolute atomic E-state index is 0.0812. The van der Waals surface area contributed by atoms with E-state index in [1.54, 1.807) is 6.92 Å². The minimum atomic E-state index is -0.660. The first-order chi connectivity index (χ1) is 12.6. The highest BCUT2D eigenvalue weighted by atomic mass is 16.5. The van der Waals surface area contributed by atoms with Gasteiger partial charge in [-0.1, -0.05) is 42.5 Å². The van der Waals surface area contributed by atoms with E-state index in [1.807, 2.05) is 42.5 Å². The van der Waals surface area contributed by atoms with E-state index in [0.717, 1.165) is 44.1 Å². The van der Waals surface area contributed by atoms with Crippen LogP contribution in [0.25, 0.3) is 0 Å². The Morgan fingerprint density at radius 1 is 1.08 bits per heavy atom. The summed E-state index contributed by atoms with van der Waals surface area (Å²) in [5.41, 5.74) is 0.922. The summed E-state index contributed by atoms with van der Waals surface area (Å²) in [6.45, 7) is 9.31. The highest BCUT2D eigenvalue weighted by Crippen LogP contribution is 2.17. The SMILES string of the molecule is C=CCCCC(CCCC=C)C(=O)N[C@@H](C)C(=O)OCc1ccccc1. The van der Waals surface area contributed by atoms with Crippen LogP contribution < -0.4 is 5.32 Å². The molecule has 0 unspecified atom stereocenters. The number of hydrogen-bond acceptors (Lipinski definition) is 3. The van der Waals surface area contributed by atoms with Gasteiger partial charge < -0.3 is 10.1 Å². The van der Waals surface area contributed by atoms with E-state index in [2.05, 4.69) is 18.5 Å². The van der Waals surface area contributed by atoms with Gasteiger partial charge >= 0.3 is 5.97 Å². The van der Waals surface area contributed by atoms with Crippen molar-refractivity contribution in [3.63, 3.8) is 0 Å². The Morgan fingerprint density at radius 3 is 2.19 bits per heavy atom. The van der Waals surface area contributed by atoms with Crippen molar-refractivity contribution in [3.05, 3.63) is 61.2 Å². The summed E-state index contributed by atoms with van der Waals surface area (Å²) in [4.78, 5) is 24.7. The van der Waals surface area contributed by atoms with Crippen molar-refractivity contribution in [3.8, 4) is 0 Å². The standard InChI is InChI=1S/C22H31NO3/c1-4-6-9-15-20(16-10-7-5-2)21(24)23-18(3)22(25)26-17-19-13-11-8-12-14-19/h4-5,8,11-14,18,20H,1-2,6-7,9-10,15-17H2,3H3,(H,23,24)/t18-/m0/s1. The molecule has 0 saturated carbocycles. The Hall–Kier alpha value is -2.36. The van der Waals surface area contributed by atoms with Crippen LogP contribution in [-0.4, -0.2) is 17.9 Å². The molecule has 1 aromatic rings. The summed E-state index contributed by atoms with van der Waals surface area (Å²) in [7, 11) is 0. The lowest BCUT2D eigenvalue weighted by Crippen LogP contribution is -2.42. The maximum Gasteiger partial charge on any atom is 0.328 e. The summed E-state index contributed by atoms with van der Waals surface area (Å²) < 4.78 is 5.29. The van der Waals surface area contributed by atoms with Gasteiger partial charge in [0.2, 0.25) is 5.91 Å². The van der Waals surface area contributed by atoms with Crippen LogP contribution in [0.1, 0.15) is 51.0 Å². The van der Waals surface area contributed by atoms with Gasteiger partial charge in [0.05, 0.1) is 0 Å². The van der Waals surface area contributed by atoms with Crippen molar-refractivity contribution >= 4 is 11.9 Å². The molecule has 0 bridgehead atoms. The summed E-state index contributed by atoms with van der Waals surface area (Å²) in [6, 6.07) is 8.83. The zero-order valence-electron chi connectivity index (χ0n) is 15.8. The number of ether oxygens (including phenoxy) is 1. The van der Waals surface area contributed by atoms with Crippen molar-refractivity contribution in [1.82, 2.24) is 5.32 Å². The Morgan fingerprint density at radius 2 is 1.65 bits per heavy atom. The topological polar surface area (TPSA) is 55.4 Å². The monoisotopic (exact) mass is 357 g/mol. The largest absolute Gasteiger partial charge is 0.459 e. The van der Waals surface area contributed by atoms with Crippen LogP contribution in [0.3, 0.4) is 0 Å². The first-order valence-corrected chi connectivity index (χ1v) is 9.31. The first kappa shape index (κ1) is 21.7. The van der Waals surface area contributed by atoms with Crippen molar-refractivity contribution in [2.45, 2.75) is 58.1 Å². The van der Waals surface area contributed by atoms with Crippen molar-refractivity contribution in [1.29, 1.82) is 0 Å². The minimum Gasteiger partial charge on any atom is -0.459 e. The maximum atomic E-state index is 12.6. The lowest BCUT2D eigenvalue weighted by Gasteiger charge is -2.19. The van der Waals surface area contributed by atoms with Gasteiger partial charge in [0.15, 0.2) is 0 Å². The molecule has 0 fully saturated rings. The van der Waals surface area contributed by atoms with Crippen LogP contribution in [-0.2, 0) is 20.9 Å². The molecule has 0 aromatic heterocycles. The average molecular weight is 357 g/mol. The quantitative estimate of drug-likeness (QED) is 0.320. The number of hydrogen-bond donors (Lipinski definition) is 1. The molecule has 1 aromatic carbocycles. The van der Waals surface area contributed by atoms with Crippen molar-refractivity contribution < 1.29 is 14.3 Å². The van der Waals surface area contributed by atoms with Gasteiger partial charge in [-0.2, -0.15) is 0 Å². The van der Waals surface area contributed by atoms with E-state index >= 15 is 0 Å².